The zero-order valence-corrected chi connectivity index (χ0v) is 10.6. The first-order valence-electron chi connectivity index (χ1n) is 5.64. The molecule has 10 heteroatoms. The second-order valence-corrected chi connectivity index (χ2v) is 4.12. The number of carbonyl (C=O) groups is 1. The van der Waals surface area contributed by atoms with Crippen molar-refractivity contribution in [3.8, 4) is 0 Å². The van der Waals surface area contributed by atoms with Crippen molar-refractivity contribution < 1.29 is 44.7 Å². The largest absolute Gasteiger partial charge is 0.461 e. The predicted molar refractivity (Wildman–Crippen MR) is 57.0 cm³/mol. The number of halogens is 8. The van der Waals surface area contributed by atoms with Gasteiger partial charge in [0.05, 0.1) is 6.61 Å². The first-order chi connectivity index (χ1) is 9.91. The molecule has 0 radical (unpaired) electrons. The van der Waals surface area contributed by atoms with Crippen LogP contribution in [0.2, 0.25) is 0 Å². The van der Waals surface area contributed by atoms with E-state index in [1.807, 2.05) is 0 Å². The second-order valence-electron chi connectivity index (χ2n) is 4.12. The standard InChI is InChI=1S/C12H8F8O2/c13-8-4-2-1-3-7(8)5-6-22-9(21)10(14,15)11(16,17)12(18,19)20/h1-4H,5-6H2. The normalized spacial score (nSPS) is 13.1. The van der Waals surface area contributed by atoms with Crippen molar-refractivity contribution in [2.75, 3.05) is 6.61 Å². The number of hydrogen-bond acceptors (Lipinski definition) is 2. The van der Waals surface area contributed by atoms with E-state index < -0.39 is 42.8 Å². The van der Waals surface area contributed by atoms with Gasteiger partial charge in [-0.3, -0.25) is 0 Å². The third kappa shape index (κ3) is 3.47. The van der Waals surface area contributed by atoms with Crippen molar-refractivity contribution >= 4 is 5.97 Å². The second kappa shape index (κ2) is 6.09. The van der Waals surface area contributed by atoms with Crippen molar-refractivity contribution in [2.45, 2.75) is 24.4 Å². The molecule has 0 saturated heterocycles. The van der Waals surface area contributed by atoms with Gasteiger partial charge in [-0.2, -0.15) is 30.7 Å². The molecule has 1 aromatic carbocycles. The highest BCUT2D eigenvalue weighted by molar-refractivity contribution is 5.79. The molecule has 22 heavy (non-hydrogen) atoms. The molecule has 0 atom stereocenters. The molecule has 0 aliphatic heterocycles. The van der Waals surface area contributed by atoms with Gasteiger partial charge in [0.15, 0.2) is 0 Å². The summed E-state index contributed by atoms with van der Waals surface area (Å²) in [5.74, 6) is -16.5. The molecule has 0 aromatic heterocycles. The average molecular weight is 336 g/mol. The minimum atomic E-state index is -6.62. The SMILES string of the molecule is O=C(OCCc1ccccc1F)C(F)(F)C(F)(F)C(F)(F)F. The predicted octanol–water partition coefficient (Wildman–Crippen LogP) is 3.74. The molecule has 0 aliphatic rings. The Labute approximate surface area is 118 Å². The number of benzene rings is 1. The van der Waals surface area contributed by atoms with Gasteiger partial charge >= 0.3 is 24.0 Å². The third-order valence-electron chi connectivity index (χ3n) is 2.57. The lowest BCUT2D eigenvalue weighted by Crippen LogP contribution is -2.56. The lowest BCUT2D eigenvalue weighted by molar-refractivity contribution is -0.348. The Balaban J connectivity index is 2.71. The summed E-state index contributed by atoms with van der Waals surface area (Å²) in [6, 6.07) is 4.88. The van der Waals surface area contributed by atoms with Crippen molar-refractivity contribution in [1.29, 1.82) is 0 Å². The van der Waals surface area contributed by atoms with Gasteiger partial charge in [-0.1, -0.05) is 18.2 Å². The molecular formula is C12H8F8O2. The van der Waals surface area contributed by atoms with E-state index in [4.69, 9.17) is 0 Å². The molecule has 0 bridgehead atoms. The van der Waals surface area contributed by atoms with Gasteiger partial charge in [0.1, 0.15) is 5.82 Å². The fraction of sp³-hybridized carbons (Fsp3) is 0.417. The van der Waals surface area contributed by atoms with Crippen LogP contribution in [0.3, 0.4) is 0 Å². The maximum Gasteiger partial charge on any atom is 0.460 e. The smallest absolute Gasteiger partial charge is 0.460 e. The van der Waals surface area contributed by atoms with Gasteiger partial charge in [0.2, 0.25) is 0 Å². The summed E-state index contributed by atoms with van der Waals surface area (Å²) in [5.41, 5.74) is -0.0822. The number of carbonyl (C=O) groups excluding carboxylic acids is 1. The average Bonchev–Trinajstić information content (AvgIpc) is 2.39. The molecule has 1 aromatic rings. The van der Waals surface area contributed by atoms with Crippen LogP contribution >= 0.6 is 0 Å². The van der Waals surface area contributed by atoms with E-state index in [0.717, 1.165) is 6.07 Å². The van der Waals surface area contributed by atoms with E-state index >= 15 is 0 Å². The van der Waals surface area contributed by atoms with Gasteiger partial charge < -0.3 is 4.74 Å². The highest BCUT2D eigenvalue weighted by Gasteiger charge is 2.77. The Hall–Kier alpha value is -1.87. The Morgan fingerprint density at radius 2 is 1.55 bits per heavy atom. The minimum absolute atomic E-state index is 0.0822. The van der Waals surface area contributed by atoms with Crippen LogP contribution in [0.15, 0.2) is 24.3 Å². The summed E-state index contributed by atoms with van der Waals surface area (Å²) >= 11 is 0. The number of alkyl halides is 7. The van der Waals surface area contributed by atoms with Crippen LogP contribution in [0.1, 0.15) is 5.56 Å². The van der Waals surface area contributed by atoms with Gasteiger partial charge in [-0.05, 0) is 11.6 Å². The Morgan fingerprint density at radius 1 is 1.00 bits per heavy atom. The zero-order valence-electron chi connectivity index (χ0n) is 10.6. The van der Waals surface area contributed by atoms with E-state index in [1.165, 1.54) is 18.2 Å². The minimum Gasteiger partial charge on any atom is -0.461 e. The maximum atomic E-state index is 13.1. The molecule has 124 valence electrons. The van der Waals surface area contributed by atoms with Gasteiger partial charge in [-0.25, -0.2) is 9.18 Å². The van der Waals surface area contributed by atoms with Crippen LogP contribution in [0.25, 0.3) is 0 Å². The van der Waals surface area contributed by atoms with Crippen LogP contribution < -0.4 is 0 Å². The third-order valence-corrected chi connectivity index (χ3v) is 2.57. The number of ether oxygens (including phenoxy) is 1. The first-order valence-corrected chi connectivity index (χ1v) is 5.64. The van der Waals surface area contributed by atoms with E-state index in [-0.39, 0.29) is 5.56 Å². The quantitative estimate of drug-likeness (QED) is 0.605. The Morgan fingerprint density at radius 3 is 2.05 bits per heavy atom. The van der Waals surface area contributed by atoms with E-state index in [0.29, 0.717) is 0 Å². The van der Waals surface area contributed by atoms with Crippen molar-refractivity contribution in [1.82, 2.24) is 0 Å². The maximum absolute atomic E-state index is 13.1. The van der Waals surface area contributed by atoms with Crippen molar-refractivity contribution in [3.05, 3.63) is 35.6 Å². The monoisotopic (exact) mass is 336 g/mol. The van der Waals surface area contributed by atoms with Crippen LogP contribution in [0.4, 0.5) is 35.1 Å². The van der Waals surface area contributed by atoms with Gasteiger partial charge in [-0.15, -0.1) is 0 Å². The van der Waals surface area contributed by atoms with E-state index in [1.54, 1.807) is 0 Å². The molecule has 2 nitrogen and oxygen atoms in total. The highest BCUT2D eigenvalue weighted by atomic mass is 19.4. The van der Waals surface area contributed by atoms with Crippen LogP contribution in [-0.4, -0.2) is 30.6 Å². The first kappa shape index (κ1) is 18.2. The number of rotatable bonds is 5. The molecule has 0 unspecified atom stereocenters. The van der Waals surface area contributed by atoms with Crippen LogP contribution in [0.5, 0.6) is 0 Å². The molecule has 1 rings (SSSR count). The fourth-order valence-corrected chi connectivity index (χ4v) is 1.35. The van der Waals surface area contributed by atoms with Gasteiger partial charge in [0, 0.05) is 6.42 Å². The molecule has 0 aliphatic carbocycles. The lowest BCUT2D eigenvalue weighted by atomic mass is 10.1. The summed E-state index contributed by atoms with van der Waals surface area (Å²) in [4.78, 5) is 10.8. The van der Waals surface area contributed by atoms with Crippen LogP contribution in [0, 0.1) is 5.82 Å². The summed E-state index contributed by atoms with van der Waals surface area (Å²) in [6.45, 7) is -0.983. The van der Waals surface area contributed by atoms with Crippen molar-refractivity contribution in [2.24, 2.45) is 0 Å². The molecular weight excluding hydrogens is 328 g/mol. The summed E-state index contributed by atoms with van der Waals surface area (Å²) in [7, 11) is 0. The molecule has 0 fully saturated rings. The summed E-state index contributed by atoms with van der Waals surface area (Å²) in [5, 5.41) is 0. The molecule has 0 N–H and O–H groups in total. The number of hydrogen-bond donors (Lipinski definition) is 0. The van der Waals surface area contributed by atoms with Crippen LogP contribution in [-0.2, 0) is 16.0 Å². The summed E-state index contributed by atoms with van der Waals surface area (Å²) in [6.07, 6.45) is -7.09. The van der Waals surface area contributed by atoms with Crippen molar-refractivity contribution in [3.63, 3.8) is 0 Å². The van der Waals surface area contributed by atoms with Gasteiger partial charge in [0.25, 0.3) is 0 Å². The molecule has 0 heterocycles. The lowest BCUT2D eigenvalue weighted by Gasteiger charge is -2.26. The number of esters is 1. The highest BCUT2D eigenvalue weighted by Crippen LogP contribution is 2.46. The molecule has 0 saturated carbocycles. The zero-order chi connectivity index (χ0) is 17.2. The van der Waals surface area contributed by atoms with E-state index in [2.05, 4.69) is 4.74 Å². The molecule has 0 spiro atoms. The Bertz CT molecular complexity index is 538. The summed E-state index contributed by atoms with van der Waals surface area (Å²) < 4.78 is 103. The molecule has 0 amide bonds. The van der Waals surface area contributed by atoms with E-state index in [9.17, 15) is 39.9 Å². The fourth-order valence-electron chi connectivity index (χ4n) is 1.35. The Kier molecular flexibility index (Phi) is 5.03. The topological polar surface area (TPSA) is 26.3 Å².